The van der Waals surface area contributed by atoms with Crippen LogP contribution in [0.25, 0.3) is 0 Å². The SMILES string of the molecule is O=C([S-])Cc1ccncc1.[Li+]. The van der Waals surface area contributed by atoms with E-state index >= 15 is 0 Å². The molecule has 1 heterocycles. The third kappa shape index (κ3) is 4.15. The molecule has 0 aliphatic rings. The van der Waals surface area contributed by atoms with E-state index in [1.165, 1.54) is 0 Å². The first kappa shape index (κ1) is 10.6. The zero-order valence-electron chi connectivity index (χ0n) is 6.28. The number of carbonyl (C=O) groups excluding carboxylic acids is 1. The van der Waals surface area contributed by atoms with E-state index in [1.807, 2.05) is 0 Å². The molecule has 0 aromatic carbocycles. The van der Waals surface area contributed by atoms with Gasteiger partial charge in [-0.25, -0.2) is 0 Å². The minimum Gasteiger partial charge on any atom is -0.742 e. The maximum atomic E-state index is 10.4. The van der Waals surface area contributed by atoms with Crippen molar-refractivity contribution in [3.63, 3.8) is 0 Å². The quantitative estimate of drug-likeness (QED) is 0.359. The molecule has 0 saturated carbocycles. The molecule has 0 saturated heterocycles. The van der Waals surface area contributed by atoms with Crippen LogP contribution in [0.3, 0.4) is 0 Å². The Morgan fingerprint density at radius 3 is 2.45 bits per heavy atom. The van der Waals surface area contributed by atoms with Crippen molar-refractivity contribution in [2.24, 2.45) is 0 Å². The van der Waals surface area contributed by atoms with E-state index in [0.29, 0.717) is 6.42 Å². The Labute approximate surface area is 83.0 Å². The van der Waals surface area contributed by atoms with Gasteiger partial charge < -0.3 is 17.4 Å². The van der Waals surface area contributed by atoms with Crippen molar-refractivity contribution in [3.05, 3.63) is 30.1 Å². The first-order valence-electron chi connectivity index (χ1n) is 2.88. The van der Waals surface area contributed by atoms with Gasteiger partial charge in [0.2, 0.25) is 0 Å². The zero-order chi connectivity index (χ0) is 7.40. The number of hydrogen-bond acceptors (Lipinski definition) is 3. The number of pyridine rings is 1. The van der Waals surface area contributed by atoms with Gasteiger partial charge in [-0.1, -0.05) is 0 Å². The summed E-state index contributed by atoms with van der Waals surface area (Å²) >= 11 is 4.40. The van der Waals surface area contributed by atoms with Crippen LogP contribution < -0.4 is 18.9 Å². The minimum absolute atomic E-state index is 0. The molecule has 0 atom stereocenters. The molecule has 1 rings (SSSR count). The Morgan fingerprint density at radius 2 is 2.00 bits per heavy atom. The summed E-state index contributed by atoms with van der Waals surface area (Å²) in [5, 5.41) is -0.230. The standard InChI is InChI=1S/C7H7NOS.Li/c9-7(10)5-6-1-3-8-4-2-6;/h1-4H,5H2,(H,9,10);/q;+1/p-1. The summed E-state index contributed by atoms with van der Waals surface area (Å²) in [6, 6.07) is 3.56. The molecule has 0 N–H and O–H groups in total. The van der Waals surface area contributed by atoms with E-state index in [4.69, 9.17) is 0 Å². The number of hydrogen-bond donors (Lipinski definition) is 0. The minimum atomic E-state index is -0.230. The molecule has 2 nitrogen and oxygen atoms in total. The third-order valence-corrected chi connectivity index (χ3v) is 1.24. The molecule has 0 aliphatic heterocycles. The van der Waals surface area contributed by atoms with Gasteiger partial charge in [-0.15, -0.1) is 0 Å². The van der Waals surface area contributed by atoms with E-state index in [9.17, 15) is 4.79 Å². The van der Waals surface area contributed by atoms with Crippen LogP contribution in [0, 0.1) is 0 Å². The van der Waals surface area contributed by atoms with Crippen LogP contribution in [0.4, 0.5) is 0 Å². The average Bonchev–Trinajstić information content (AvgIpc) is 1.88. The Morgan fingerprint density at radius 1 is 1.45 bits per heavy atom. The Hall–Kier alpha value is -0.363. The Bertz CT molecular complexity index is 227. The summed E-state index contributed by atoms with van der Waals surface area (Å²) in [7, 11) is 0. The maximum Gasteiger partial charge on any atom is 1.00 e. The Kier molecular flexibility index (Phi) is 5.13. The van der Waals surface area contributed by atoms with Crippen molar-refractivity contribution in [1.82, 2.24) is 4.98 Å². The van der Waals surface area contributed by atoms with Gasteiger partial charge in [0.15, 0.2) is 0 Å². The smallest absolute Gasteiger partial charge is 0.742 e. The van der Waals surface area contributed by atoms with Crippen LogP contribution in [0.15, 0.2) is 24.5 Å². The largest absolute Gasteiger partial charge is 1.00 e. The van der Waals surface area contributed by atoms with Crippen LogP contribution in [0.2, 0.25) is 0 Å². The van der Waals surface area contributed by atoms with E-state index in [-0.39, 0.29) is 24.0 Å². The first-order valence-corrected chi connectivity index (χ1v) is 3.28. The number of rotatable bonds is 2. The molecule has 1 aromatic rings. The fraction of sp³-hybridized carbons (Fsp3) is 0.143. The molecule has 52 valence electrons. The van der Waals surface area contributed by atoms with E-state index in [0.717, 1.165) is 5.56 Å². The molecule has 0 fully saturated rings. The second-order valence-electron chi connectivity index (χ2n) is 1.90. The van der Waals surface area contributed by atoms with Crippen molar-refractivity contribution >= 4 is 17.7 Å². The molecule has 11 heavy (non-hydrogen) atoms. The van der Waals surface area contributed by atoms with Gasteiger partial charge in [-0.05, 0) is 17.7 Å². The molecule has 0 radical (unpaired) electrons. The fourth-order valence-electron chi connectivity index (χ4n) is 0.667. The molecule has 4 heteroatoms. The number of carbonyl (C=O) groups is 1. The molecular weight excluding hydrogens is 153 g/mol. The van der Waals surface area contributed by atoms with Crippen molar-refractivity contribution in [2.75, 3.05) is 0 Å². The van der Waals surface area contributed by atoms with Gasteiger partial charge in [-0.2, -0.15) is 0 Å². The van der Waals surface area contributed by atoms with Crippen LogP contribution >= 0.6 is 0 Å². The van der Waals surface area contributed by atoms with Crippen LogP contribution in [-0.4, -0.2) is 10.1 Å². The number of aromatic nitrogens is 1. The van der Waals surface area contributed by atoms with Gasteiger partial charge in [-0.3, -0.25) is 4.98 Å². The predicted octanol–water partition coefficient (Wildman–Crippen LogP) is -2.30. The molecule has 0 amide bonds. The molecule has 0 bridgehead atoms. The van der Waals surface area contributed by atoms with Gasteiger partial charge >= 0.3 is 18.9 Å². The molecular formula is C7H6LiNOS. The molecule has 0 spiro atoms. The second-order valence-corrected chi connectivity index (χ2v) is 2.36. The van der Waals surface area contributed by atoms with Gasteiger partial charge in [0, 0.05) is 23.9 Å². The molecule has 0 unspecified atom stereocenters. The second kappa shape index (κ2) is 5.31. The normalized spacial score (nSPS) is 8.36. The fourth-order valence-corrected chi connectivity index (χ4v) is 0.834. The van der Waals surface area contributed by atoms with E-state index in [2.05, 4.69) is 17.6 Å². The van der Waals surface area contributed by atoms with Crippen molar-refractivity contribution in [3.8, 4) is 0 Å². The third-order valence-electron chi connectivity index (χ3n) is 1.10. The number of nitrogens with zero attached hydrogens (tertiary/aromatic N) is 1. The van der Waals surface area contributed by atoms with Gasteiger partial charge in [0.1, 0.15) is 0 Å². The zero-order valence-corrected chi connectivity index (χ0v) is 7.10. The monoisotopic (exact) mass is 159 g/mol. The maximum absolute atomic E-state index is 10.4. The van der Waals surface area contributed by atoms with Crippen LogP contribution in [0.5, 0.6) is 0 Å². The van der Waals surface area contributed by atoms with Gasteiger partial charge in [0.25, 0.3) is 0 Å². The first-order chi connectivity index (χ1) is 4.79. The van der Waals surface area contributed by atoms with E-state index in [1.54, 1.807) is 24.5 Å². The summed E-state index contributed by atoms with van der Waals surface area (Å²) < 4.78 is 0. The predicted molar refractivity (Wildman–Crippen MR) is 40.3 cm³/mol. The summed E-state index contributed by atoms with van der Waals surface area (Å²) in [5.41, 5.74) is 0.926. The summed E-state index contributed by atoms with van der Waals surface area (Å²) in [6.45, 7) is 0. The average molecular weight is 159 g/mol. The summed E-state index contributed by atoms with van der Waals surface area (Å²) in [4.78, 5) is 14.2. The van der Waals surface area contributed by atoms with Crippen molar-refractivity contribution < 1.29 is 23.7 Å². The molecule has 1 aromatic heterocycles. The van der Waals surface area contributed by atoms with E-state index < -0.39 is 0 Å². The Balaban J connectivity index is 0.000001000. The van der Waals surface area contributed by atoms with Crippen molar-refractivity contribution in [1.29, 1.82) is 0 Å². The summed E-state index contributed by atoms with van der Waals surface area (Å²) in [5.74, 6) is 0. The van der Waals surface area contributed by atoms with Gasteiger partial charge in [0.05, 0.1) is 0 Å². The van der Waals surface area contributed by atoms with Crippen LogP contribution in [0.1, 0.15) is 5.56 Å². The van der Waals surface area contributed by atoms with Crippen molar-refractivity contribution in [2.45, 2.75) is 6.42 Å². The topological polar surface area (TPSA) is 30.0 Å². The summed E-state index contributed by atoms with van der Waals surface area (Å²) in [6.07, 6.45) is 3.62. The molecule has 0 aliphatic carbocycles. The van der Waals surface area contributed by atoms with Crippen LogP contribution in [-0.2, 0) is 23.8 Å².